The maximum absolute atomic E-state index is 13.1. The summed E-state index contributed by atoms with van der Waals surface area (Å²) >= 11 is 0. The molecule has 0 spiro atoms. The molecular weight excluding hydrogens is 304 g/mol. The molecule has 1 aromatic carbocycles. The van der Waals surface area contributed by atoms with E-state index >= 15 is 0 Å². The number of amides is 1. The number of benzene rings is 1. The van der Waals surface area contributed by atoms with Crippen LogP contribution in [0.4, 0.5) is 0 Å². The van der Waals surface area contributed by atoms with Crippen molar-refractivity contribution in [3.63, 3.8) is 0 Å². The SMILES string of the molecule is COc1cc(C2(C(=O)N3CCN(CC(C)O)CC3)CC2)ccc1C. The van der Waals surface area contributed by atoms with E-state index in [1.807, 2.05) is 30.9 Å². The van der Waals surface area contributed by atoms with Gasteiger partial charge in [0.2, 0.25) is 5.91 Å². The van der Waals surface area contributed by atoms with Gasteiger partial charge in [0.15, 0.2) is 0 Å². The van der Waals surface area contributed by atoms with Gasteiger partial charge in [-0.05, 0) is 43.9 Å². The molecule has 1 N–H and O–H groups in total. The van der Waals surface area contributed by atoms with Crippen molar-refractivity contribution in [2.45, 2.75) is 38.2 Å². The Bertz CT molecular complexity index is 603. The largest absolute Gasteiger partial charge is 0.496 e. The first-order valence-electron chi connectivity index (χ1n) is 8.81. The number of hydrogen-bond acceptors (Lipinski definition) is 4. The molecule has 2 aliphatic rings. The molecule has 1 aliphatic carbocycles. The Kier molecular flexibility index (Phi) is 4.83. The number of aliphatic hydroxyl groups is 1. The zero-order chi connectivity index (χ0) is 17.3. The van der Waals surface area contributed by atoms with Crippen LogP contribution in [0.5, 0.6) is 5.75 Å². The van der Waals surface area contributed by atoms with Gasteiger partial charge in [0.25, 0.3) is 0 Å². The Morgan fingerprint density at radius 3 is 2.50 bits per heavy atom. The van der Waals surface area contributed by atoms with Crippen LogP contribution in [0, 0.1) is 6.92 Å². The minimum Gasteiger partial charge on any atom is -0.496 e. The van der Waals surface area contributed by atoms with Crippen LogP contribution in [0.1, 0.15) is 30.9 Å². The molecule has 2 fully saturated rings. The second kappa shape index (κ2) is 6.73. The first kappa shape index (κ1) is 17.2. The van der Waals surface area contributed by atoms with Crippen LogP contribution in [-0.4, -0.2) is 66.8 Å². The fraction of sp³-hybridized carbons (Fsp3) is 0.632. The topological polar surface area (TPSA) is 53.0 Å². The summed E-state index contributed by atoms with van der Waals surface area (Å²) in [7, 11) is 1.68. The lowest BCUT2D eigenvalue weighted by Crippen LogP contribution is -2.52. The summed E-state index contributed by atoms with van der Waals surface area (Å²) in [5.74, 6) is 1.11. The predicted molar refractivity (Wildman–Crippen MR) is 93.3 cm³/mol. The van der Waals surface area contributed by atoms with Gasteiger partial charge in [-0.15, -0.1) is 0 Å². The molecule has 0 bridgehead atoms. The monoisotopic (exact) mass is 332 g/mol. The highest BCUT2D eigenvalue weighted by molar-refractivity contribution is 5.91. The second-order valence-electron chi connectivity index (χ2n) is 7.21. The number of piperazine rings is 1. The molecular formula is C19H28N2O3. The summed E-state index contributed by atoms with van der Waals surface area (Å²) in [6.45, 7) is 7.68. The van der Waals surface area contributed by atoms with Crippen LogP contribution in [-0.2, 0) is 10.2 Å². The van der Waals surface area contributed by atoms with Gasteiger partial charge in [-0.25, -0.2) is 0 Å². The molecule has 1 unspecified atom stereocenters. The highest BCUT2D eigenvalue weighted by atomic mass is 16.5. The Morgan fingerprint density at radius 2 is 1.96 bits per heavy atom. The lowest BCUT2D eigenvalue weighted by atomic mass is 9.92. The molecule has 1 heterocycles. The van der Waals surface area contributed by atoms with E-state index in [0.717, 1.165) is 55.9 Å². The molecule has 1 aliphatic heterocycles. The summed E-state index contributed by atoms with van der Waals surface area (Å²) < 4.78 is 5.43. The fourth-order valence-electron chi connectivity index (χ4n) is 3.68. The quantitative estimate of drug-likeness (QED) is 0.889. The number of β-amino-alcohol motifs (C(OH)–C–C–N with tert-alkyl or cyclic N) is 1. The number of rotatable bonds is 5. The third-order valence-electron chi connectivity index (χ3n) is 5.30. The lowest BCUT2D eigenvalue weighted by Gasteiger charge is -2.37. The van der Waals surface area contributed by atoms with Crippen molar-refractivity contribution in [3.8, 4) is 5.75 Å². The third-order valence-corrected chi connectivity index (χ3v) is 5.30. The van der Waals surface area contributed by atoms with E-state index in [2.05, 4.69) is 11.0 Å². The minimum absolute atomic E-state index is 0.255. The molecule has 1 saturated heterocycles. The maximum Gasteiger partial charge on any atom is 0.233 e. The number of methoxy groups -OCH3 is 1. The predicted octanol–water partition coefficient (Wildman–Crippen LogP) is 1.56. The highest BCUT2D eigenvalue weighted by Gasteiger charge is 2.53. The standard InChI is InChI=1S/C19H28N2O3/c1-14-4-5-16(12-17(14)24-3)19(6-7-19)18(23)21-10-8-20(9-11-21)13-15(2)22/h4-5,12,15,22H,6-11,13H2,1-3H3. The normalized spacial score (nSPS) is 21.4. The number of aliphatic hydroxyl groups excluding tert-OH is 1. The van der Waals surface area contributed by atoms with E-state index in [0.29, 0.717) is 6.54 Å². The van der Waals surface area contributed by atoms with E-state index in [-0.39, 0.29) is 17.4 Å². The highest BCUT2D eigenvalue weighted by Crippen LogP contribution is 2.50. The van der Waals surface area contributed by atoms with Crippen molar-refractivity contribution in [1.29, 1.82) is 0 Å². The van der Waals surface area contributed by atoms with Crippen LogP contribution in [0.25, 0.3) is 0 Å². The second-order valence-corrected chi connectivity index (χ2v) is 7.21. The van der Waals surface area contributed by atoms with Crippen molar-refractivity contribution in [3.05, 3.63) is 29.3 Å². The van der Waals surface area contributed by atoms with Crippen LogP contribution in [0.2, 0.25) is 0 Å². The average molecular weight is 332 g/mol. The summed E-state index contributed by atoms with van der Waals surface area (Å²) in [6, 6.07) is 6.15. The fourth-order valence-corrected chi connectivity index (χ4v) is 3.68. The molecule has 3 rings (SSSR count). The molecule has 1 aromatic rings. The molecule has 0 aromatic heterocycles. The molecule has 132 valence electrons. The number of nitrogens with zero attached hydrogens (tertiary/aromatic N) is 2. The van der Waals surface area contributed by atoms with Gasteiger partial charge in [0, 0.05) is 32.7 Å². The van der Waals surface area contributed by atoms with Gasteiger partial charge >= 0.3 is 0 Å². The zero-order valence-corrected chi connectivity index (χ0v) is 14.9. The van der Waals surface area contributed by atoms with Gasteiger partial charge in [-0.2, -0.15) is 0 Å². The third kappa shape index (κ3) is 3.28. The van der Waals surface area contributed by atoms with Gasteiger partial charge in [0.05, 0.1) is 18.6 Å². The van der Waals surface area contributed by atoms with E-state index in [9.17, 15) is 9.90 Å². The molecule has 5 heteroatoms. The summed E-state index contributed by atoms with van der Waals surface area (Å²) in [5, 5.41) is 9.51. The first-order chi connectivity index (χ1) is 11.5. The van der Waals surface area contributed by atoms with Crippen molar-refractivity contribution >= 4 is 5.91 Å². The number of ether oxygens (including phenoxy) is 1. The Morgan fingerprint density at radius 1 is 1.29 bits per heavy atom. The molecule has 0 radical (unpaired) electrons. The van der Waals surface area contributed by atoms with Gasteiger partial charge in [-0.3, -0.25) is 9.69 Å². The minimum atomic E-state index is -0.340. The number of carbonyl (C=O) groups is 1. The summed E-state index contributed by atoms with van der Waals surface area (Å²) in [5.41, 5.74) is 1.84. The smallest absolute Gasteiger partial charge is 0.233 e. The van der Waals surface area contributed by atoms with Gasteiger partial charge in [0.1, 0.15) is 5.75 Å². The molecule has 1 amide bonds. The molecule has 1 atom stereocenters. The van der Waals surface area contributed by atoms with E-state index in [4.69, 9.17) is 4.74 Å². The number of carbonyl (C=O) groups excluding carboxylic acids is 1. The zero-order valence-electron chi connectivity index (χ0n) is 14.9. The van der Waals surface area contributed by atoms with Crippen molar-refractivity contribution in [1.82, 2.24) is 9.80 Å². The van der Waals surface area contributed by atoms with Crippen LogP contribution in [0.15, 0.2) is 18.2 Å². The number of aryl methyl sites for hydroxylation is 1. The van der Waals surface area contributed by atoms with E-state index < -0.39 is 0 Å². The maximum atomic E-state index is 13.1. The Balaban J connectivity index is 1.69. The van der Waals surface area contributed by atoms with E-state index in [1.165, 1.54) is 0 Å². The van der Waals surface area contributed by atoms with Gasteiger partial charge in [-0.1, -0.05) is 12.1 Å². The summed E-state index contributed by atoms with van der Waals surface area (Å²) in [6.07, 6.45) is 1.53. The van der Waals surface area contributed by atoms with Crippen LogP contribution < -0.4 is 4.74 Å². The van der Waals surface area contributed by atoms with E-state index in [1.54, 1.807) is 7.11 Å². The van der Waals surface area contributed by atoms with Crippen molar-refractivity contribution < 1.29 is 14.6 Å². The lowest BCUT2D eigenvalue weighted by molar-refractivity contribution is -0.135. The average Bonchev–Trinajstić information content (AvgIpc) is 3.36. The molecule has 5 nitrogen and oxygen atoms in total. The Labute approximate surface area is 144 Å². The van der Waals surface area contributed by atoms with Crippen molar-refractivity contribution in [2.75, 3.05) is 39.8 Å². The van der Waals surface area contributed by atoms with Gasteiger partial charge < -0.3 is 14.7 Å². The molecule has 24 heavy (non-hydrogen) atoms. The van der Waals surface area contributed by atoms with Crippen LogP contribution in [0.3, 0.4) is 0 Å². The molecule has 1 saturated carbocycles. The van der Waals surface area contributed by atoms with Crippen LogP contribution >= 0.6 is 0 Å². The van der Waals surface area contributed by atoms with Crippen molar-refractivity contribution in [2.24, 2.45) is 0 Å². The number of hydrogen-bond donors (Lipinski definition) is 1. The Hall–Kier alpha value is -1.59. The first-order valence-corrected chi connectivity index (χ1v) is 8.81. The summed E-state index contributed by atoms with van der Waals surface area (Å²) in [4.78, 5) is 17.3.